The summed E-state index contributed by atoms with van der Waals surface area (Å²) in [5.41, 5.74) is 1.99. The second-order valence-electron chi connectivity index (χ2n) is 8.41. The maximum atomic E-state index is 4.56. The van der Waals surface area contributed by atoms with Crippen molar-refractivity contribution in [2.24, 2.45) is 27.7 Å². The molecule has 110 valence electrons. The predicted molar refractivity (Wildman–Crippen MR) is 86.9 cm³/mol. The van der Waals surface area contributed by atoms with Gasteiger partial charge in [-0.25, -0.2) is 0 Å². The predicted octanol–water partition coefficient (Wildman–Crippen LogP) is 5.51. The summed E-state index contributed by atoms with van der Waals surface area (Å²) in [4.78, 5) is 4.56. The Hall–Kier alpha value is -0.590. The molecule has 19 heavy (non-hydrogen) atoms. The molecule has 0 amide bonds. The lowest BCUT2D eigenvalue weighted by Gasteiger charge is -2.37. The zero-order chi connectivity index (χ0) is 14.7. The highest BCUT2D eigenvalue weighted by Crippen LogP contribution is 2.41. The van der Waals surface area contributed by atoms with Gasteiger partial charge in [0.25, 0.3) is 0 Å². The first-order valence-electron chi connectivity index (χ1n) is 7.78. The maximum Gasteiger partial charge on any atom is 0.0596 e. The standard InChI is InChI=1S/C18H33N/c1-14(12-19-13-17(2,3)4)15-8-10-16(11-9-15)18(5,6)7/h13,15-16H,1,8-12H2,2-7H3/b19-13+. The van der Waals surface area contributed by atoms with Gasteiger partial charge >= 0.3 is 0 Å². The van der Waals surface area contributed by atoms with Crippen molar-refractivity contribution in [2.75, 3.05) is 6.54 Å². The number of nitrogens with zero attached hydrogens (tertiary/aromatic N) is 1. The monoisotopic (exact) mass is 263 g/mol. The molecular formula is C18H33N. The molecule has 1 nitrogen and oxygen atoms in total. The average Bonchev–Trinajstić information content (AvgIpc) is 2.26. The molecule has 1 heteroatoms. The Morgan fingerprint density at radius 2 is 1.58 bits per heavy atom. The van der Waals surface area contributed by atoms with Crippen LogP contribution in [0, 0.1) is 22.7 Å². The number of rotatable bonds is 3. The van der Waals surface area contributed by atoms with E-state index in [9.17, 15) is 0 Å². The summed E-state index contributed by atoms with van der Waals surface area (Å²) in [5, 5.41) is 0. The highest BCUT2D eigenvalue weighted by atomic mass is 14.7. The van der Waals surface area contributed by atoms with Crippen LogP contribution < -0.4 is 0 Å². The second-order valence-corrected chi connectivity index (χ2v) is 8.41. The third-order valence-electron chi connectivity index (χ3n) is 4.30. The number of hydrogen-bond acceptors (Lipinski definition) is 1. The Bertz CT molecular complexity index is 317. The smallest absolute Gasteiger partial charge is 0.0596 e. The minimum absolute atomic E-state index is 0.185. The van der Waals surface area contributed by atoms with E-state index in [4.69, 9.17) is 0 Å². The van der Waals surface area contributed by atoms with Gasteiger partial charge in [-0.1, -0.05) is 53.7 Å². The van der Waals surface area contributed by atoms with Gasteiger partial charge in [0.05, 0.1) is 6.54 Å². The highest BCUT2D eigenvalue weighted by molar-refractivity contribution is 5.64. The molecule has 1 aliphatic carbocycles. The SMILES string of the molecule is C=C(C/N=C/C(C)(C)C)C1CCC(C(C)(C)C)CC1. The van der Waals surface area contributed by atoms with Gasteiger partial charge in [0, 0.05) is 6.21 Å². The highest BCUT2D eigenvalue weighted by Gasteiger charge is 2.30. The van der Waals surface area contributed by atoms with Crippen molar-refractivity contribution in [2.45, 2.75) is 67.2 Å². The van der Waals surface area contributed by atoms with Gasteiger partial charge in [-0.2, -0.15) is 0 Å². The minimum Gasteiger partial charge on any atom is -0.293 e. The third-order valence-corrected chi connectivity index (χ3v) is 4.30. The number of aliphatic imine (C=N–C) groups is 1. The van der Waals surface area contributed by atoms with E-state index in [0.717, 1.165) is 12.5 Å². The van der Waals surface area contributed by atoms with E-state index in [2.05, 4.69) is 59.3 Å². The molecule has 1 saturated carbocycles. The summed E-state index contributed by atoms with van der Waals surface area (Å²) in [6, 6.07) is 0. The van der Waals surface area contributed by atoms with Crippen LogP contribution in [-0.4, -0.2) is 12.8 Å². The van der Waals surface area contributed by atoms with E-state index < -0.39 is 0 Å². The summed E-state index contributed by atoms with van der Waals surface area (Å²) < 4.78 is 0. The lowest BCUT2D eigenvalue weighted by molar-refractivity contribution is 0.159. The molecule has 0 spiro atoms. The molecule has 0 aromatic rings. The molecule has 0 saturated heterocycles. The Balaban J connectivity index is 2.39. The van der Waals surface area contributed by atoms with Crippen LogP contribution in [0.3, 0.4) is 0 Å². The van der Waals surface area contributed by atoms with Crippen molar-refractivity contribution in [1.82, 2.24) is 0 Å². The summed E-state index contributed by atoms with van der Waals surface area (Å²) in [7, 11) is 0. The van der Waals surface area contributed by atoms with Crippen molar-refractivity contribution in [3.63, 3.8) is 0 Å². The van der Waals surface area contributed by atoms with Gasteiger partial charge in [0.15, 0.2) is 0 Å². The van der Waals surface area contributed by atoms with E-state index in [1.54, 1.807) is 0 Å². The van der Waals surface area contributed by atoms with Crippen molar-refractivity contribution < 1.29 is 0 Å². The van der Waals surface area contributed by atoms with Crippen molar-refractivity contribution >= 4 is 6.21 Å². The molecule has 0 atom stereocenters. The van der Waals surface area contributed by atoms with Crippen LogP contribution >= 0.6 is 0 Å². The number of hydrogen-bond donors (Lipinski definition) is 0. The molecule has 0 N–H and O–H groups in total. The molecule has 0 radical (unpaired) electrons. The Kier molecular flexibility index (Phi) is 5.41. The molecule has 0 aliphatic heterocycles. The van der Waals surface area contributed by atoms with E-state index in [0.29, 0.717) is 11.3 Å². The van der Waals surface area contributed by atoms with Crippen LogP contribution in [-0.2, 0) is 0 Å². The summed E-state index contributed by atoms with van der Waals surface area (Å²) in [5.74, 6) is 1.59. The van der Waals surface area contributed by atoms with Crippen LogP contribution in [0.4, 0.5) is 0 Å². The average molecular weight is 263 g/mol. The Morgan fingerprint density at radius 3 is 2.00 bits per heavy atom. The molecule has 0 unspecified atom stereocenters. The van der Waals surface area contributed by atoms with Gasteiger partial charge in [-0.3, -0.25) is 4.99 Å². The summed E-state index contributed by atoms with van der Waals surface area (Å²) in [6.45, 7) is 18.8. The fourth-order valence-electron chi connectivity index (χ4n) is 2.93. The van der Waals surface area contributed by atoms with Crippen LogP contribution in [0.5, 0.6) is 0 Å². The first-order chi connectivity index (χ1) is 8.59. The van der Waals surface area contributed by atoms with Crippen LogP contribution in [0.25, 0.3) is 0 Å². The topological polar surface area (TPSA) is 12.4 Å². The fraction of sp³-hybridized carbons (Fsp3) is 0.833. The molecule has 1 fully saturated rings. The molecular weight excluding hydrogens is 230 g/mol. The van der Waals surface area contributed by atoms with E-state index >= 15 is 0 Å². The minimum atomic E-state index is 0.185. The van der Waals surface area contributed by atoms with E-state index in [-0.39, 0.29) is 5.41 Å². The van der Waals surface area contributed by atoms with Crippen LogP contribution in [0.1, 0.15) is 67.2 Å². The molecule has 0 bridgehead atoms. The van der Waals surface area contributed by atoms with Gasteiger partial charge in [-0.15, -0.1) is 0 Å². The van der Waals surface area contributed by atoms with E-state index in [1.807, 2.05) is 0 Å². The second kappa shape index (κ2) is 6.24. The van der Waals surface area contributed by atoms with Gasteiger partial charge in [-0.05, 0) is 48.3 Å². The van der Waals surface area contributed by atoms with Crippen molar-refractivity contribution in [3.05, 3.63) is 12.2 Å². The quantitative estimate of drug-likeness (QED) is 0.470. The van der Waals surface area contributed by atoms with Crippen LogP contribution in [0.15, 0.2) is 17.1 Å². The van der Waals surface area contributed by atoms with E-state index in [1.165, 1.54) is 31.3 Å². The largest absolute Gasteiger partial charge is 0.293 e. The summed E-state index contributed by atoms with van der Waals surface area (Å²) in [6.07, 6.45) is 7.41. The molecule has 1 rings (SSSR count). The lowest BCUT2D eigenvalue weighted by atomic mass is 9.68. The molecule has 1 aliphatic rings. The first-order valence-corrected chi connectivity index (χ1v) is 7.78. The molecule has 0 heterocycles. The van der Waals surface area contributed by atoms with Gasteiger partial charge in [0.2, 0.25) is 0 Å². The molecule has 0 aromatic carbocycles. The fourth-order valence-corrected chi connectivity index (χ4v) is 2.93. The maximum absolute atomic E-state index is 4.56. The van der Waals surface area contributed by atoms with Crippen LogP contribution in [0.2, 0.25) is 0 Å². The summed E-state index contributed by atoms with van der Waals surface area (Å²) >= 11 is 0. The van der Waals surface area contributed by atoms with Gasteiger partial charge < -0.3 is 0 Å². The first kappa shape index (κ1) is 16.5. The zero-order valence-electron chi connectivity index (χ0n) is 13.9. The van der Waals surface area contributed by atoms with Crippen molar-refractivity contribution in [1.29, 1.82) is 0 Å². The normalized spacial score (nSPS) is 25.8. The van der Waals surface area contributed by atoms with Gasteiger partial charge in [0.1, 0.15) is 0 Å². The Morgan fingerprint density at radius 1 is 1.05 bits per heavy atom. The molecule has 0 aromatic heterocycles. The zero-order valence-corrected chi connectivity index (χ0v) is 13.9. The van der Waals surface area contributed by atoms with Crippen molar-refractivity contribution in [3.8, 4) is 0 Å². The lowest BCUT2D eigenvalue weighted by Crippen LogP contribution is -2.26. The Labute approximate surface area is 120 Å². The third kappa shape index (κ3) is 5.93.